The first-order valence-electron chi connectivity index (χ1n) is 6.97. The lowest BCUT2D eigenvalue weighted by Crippen LogP contribution is -2.15. The summed E-state index contributed by atoms with van der Waals surface area (Å²) >= 11 is 1.43. The molecule has 0 fully saturated rings. The van der Waals surface area contributed by atoms with Gasteiger partial charge in [0.25, 0.3) is 5.91 Å². The van der Waals surface area contributed by atoms with E-state index < -0.39 is 17.6 Å². The van der Waals surface area contributed by atoms with Crippen molar-refractivity contribution in [2.24, 2.45) is 0 Å². The minimum Gasteiger partial charge on any atom is -0.397 e. The minimum absolute atomic E-state index is 0.143. The molecule has 3 N–H and O–H groups in total. The molecule has 3 aromatic rings. The fraction of sp³-hybridized carbons (Fsp3) is 0.0625. The Balaban J connectivity index is 1.82. The number of rotatable bonds is 3. The number of benzene rings is 1. The van der Waals surface area contributed by atoms with Crippen LogP contribution in [0.25, 0.3) is 10.4 Å². The topological polar surface area (TPSA) is 80.9 Å². The molecule has 0 radical (unpaired) electrons. The number of nitrogen functional groups attached to an aromatic ring is 1. The molecular formula is C16H11F3N4OS. The molecule has 5 nitrogen and oxygen atoms in total. The van der Waals surface area contributed by atoms with E-state index in [-0.39, 0.29) is 5.69 Å². The van der Waals surface area contributed by atoms with Gasteiger partial charge in [0.15, 0.2) is 0 Å². The van der Waals surface area contributed by atoms with Crippen molar-refractivity contribution in [1.82, 2.24) is 9.97 Å². The van der Waals surface area contributed by atoms with E-state index in [1.807, 2.05) is 0 Å². The van der Waals surface area contributed by atoms with Gasteiger partial charge < -0.3 is 11.1 Å². The third kappa shape index (κ3) is 3.77. The number of hydrogen-bond donors (Lipinski definition) is 2. The number of halogens is 3. The fourth-order valence-electron chi connectivity index (χ4n) is 2.06. The highest BCUT2D eigenvalue weighted by atomic mass is 32.1. The molecule has 2 aromatic heterocycles. The SMILES string of the molecule is Nc1ccc(-c2cncs2)cc1NC(=O)c1ccc(C(F)(F)F)cn1. The number of carbonyl (C=O) groups is 1. The maximum Gasteiger partial charge on any atom is 0.417 e. The van der Waals surface area contributed by atoms with E-state index in [2.05, 4.69) is 15.3 Å². The molecule has 1 amide bonds. The van der Waals surface area contributed by atoms with Crippen molar-refractivity contribution in [3.8, 4) is 10.4 Å². The number of nitrogens with one attached hydrogen (secondary N) is 1. The summed E-state index contributed by atoms with van der Waals surface area (Å²) in [6, 6.07) is 6.91. The average Bonchev–Trinajstić information content (AvgIpc) is 3.10. The maximum absolute atomic E-state index is 12.5. The molecule has 0 aliphatic carbocycles. The number of aromatic nitrogens is 2. The molecule has 0 aliphatic heterocycles. The van der Waals surface area contributed by atoms with Crippen molar-refractivity contribution >= 4 is 28.6 Å². The molecule has 0 saturated carbocycles. The van der Waals surface area contributed by atoms with Crippen molar-refractivity contribution in [3.05, 3.63) is 59.5 Å². The van der Waals surface area contributed by atoms with Gasteiger partial charge in [0.2, 0.25) is 0 Å². The molecule has 9 heteroatoms. The Labute approximate surface area is 144 Å². The molecular weight excluding hydrogens is 353 g/mol. The molecule has 128 valence electrons. The second-order valence-electron chi connectivity index (χ2n) is 5.05. The second-order valence-corrected chi connectivity index (χ2v) is 5.94. The Hall–Kier alpha value is -2.94. The number of amides is 1. The predicted octanol–water partition coefficient (Wildman–Crippen LogP) is 4.06. The molecule has 1 aromatic carbocycles. The van der Waals surface area contributed by atoms with Crippen LogP contribution in [0, 0.1) is 0 Å². The summed E-state index contributed by atoms with van der Waals surface area (Å²) in [6.07, 6.45) is -2.21. The number of thiazole rings is 1. The molecule has 0 saturated heterocycles. The Morgan fingerprint density at radius 2 is 1.96 bits per heavy atom. The zero-order chi connectivity index (χ0) is 18.0. The van der Waals surface area contributed by atoms with Crippen molar-refractivity contribution in [3.63, 3.8) is 0 Å². The highest BCUT2D eigenvalue weighted by molar-refractivity contribution is 7.13. The summed E-state index contributed by atoms with van der Waals surface area (Å²) in [6.45, 7) is 0. The summed E-state index contributed by atoms with van der Waals surface area (Å²) < 4.78 is 37.6. The van der Waals surface area contributed by atoms with Crippen molar-refractivity contribution in [1.29, 1.82) is 0 Å². The van der Waals surface area contributed by atoms with Crippen LogP contribution >= 0.6 is 11.3 Å². The maximum atomic E-state index is 12.5. The van der Waals surface area contributed by atoms with E-state index in [9.17, 15) is 18.0 Å². The highest BCUT2D eigenvalue weighted by Gasteiger charge is 2.30. The lowest BCUT2D eigenvalue weighted by atomic mass is 10.1. The zero-order valence-electron chi connectivity index (χ0n) is 12.5. The Kier molecular flexibility index (Phi) is 4.41. The standard InChI is InChI=1S/C16H11F3N4OS/c17-16(18,19)10-2-4-12(22-6-10)15(24)23-13-5-9(1-3-11(13)20)14-7-21-8-25-14/h1-8H,20H2,(H,23,24). The van der Waals surface area contributed by atoms with Crippen LogP contribution in [0.2, 0.25) is 0 Å². The predicted molar refractivity (Wildman–Crippen MR) is 89.2 cm³/mol. The van der Waals surface area contributed by atoms with E-state index in [0.717, 1.165) is 22.6 Å². The number of alkyl halides is 3. The fourth-order valence-corrected chi connectivity index (χ4v) is 2.68. The number of nitrogens with two attached hydrogens (primary N) is 1. The third-order valence-electron chi connectivity index (χ3n) is 3.34. The first-order chi connectivity index (χ1) is 11.8. The van der Waals surface area contributed by atoms with Gasteiger partial charge >= 0.3 is 6.18 Å². The lowest BCUT2D eigenvalue weighted by molar-refractivity contribution is -0.137. The van der Waals surface area contributed by atoms with Crippen molar-refractivity contribution < 1.29 is 18.0 Å². The summed E-state index contributed by atoms with van der Waals surface area (Å²) in [5.41, 5.74) is 7.95. The van der Waals surface area contributed by atoms with Crippen molar-refractivity contribution in [2.45, 2.75) is 6.18 Å². The highest BCUT2D eigenvalue weighted by Crippen LogP contribution is 2.30. The zero-order valence-corrected chi connectivity index (χ0v) is 13.4. The van der Waals surface area contributed by atoms with Crippen LogP contribution in [0.1, 0.15) is 16.1 Å². The van der Waals surface area contributed by atoms with Gasteiger partial charge in [0.05, 0.1) is 27.3 Å². The third-order valence-corrected chi connectivity index (χ3v) is 4.16. The van der Waals surface area contributed by atoms with Crippen LogP contribution in [0.15, 0.2) is 48.2 Å². The van der Waals surface area contributed by atoms with Gasteiger partial charge in [-0.25, -0.2) is 0 Å². The van der Waals surface area contributed by atoms with E-state index in [1.165, 1.54) is 11.3 Å². The Morgan fingerprint density at radius 1 is 1.16 bits per heavy atom. The van der Waals surface area contributed by atoms with Crippen LogP contribution in [-0.4, -0.2) is 15.9 Å². The number of nitrogens with zero attached hydrogens (tertiary/aromatic N) is 2. The first-order valence-corrected chi connectivity index (χ1v) is 7.85. The van der Waals surface area contributed by atoms with E-state index in [4.69, 9.17) is 5.73 Å². The van der Waals surface area contributed by atoms with Crippen LogP contribution in [0.4, 0.5) is 24.5 Å². The summed E-state index contributed by atoms with van der Waals surface area (Å²) in [4.78, 5) is 20.6. The lowest BCUT2D eigenvalue weighted by Gasteiger charge is -2.10. The summed E-state index contributed by atoms with van der Waals surface area (Å²) in [5, 5.41) is 2.56. The monoisotopic (exact) mass is 364 g/mol. The number of pyridine rings is 1. The van der Waals surface area contributed by atoms with E-state index in [0.29, 0.717) is 17.6 Å². The van der Waals surface area contributed by atoms with Crippen LogP contribution in [-0.2, 0) is 6.18 Å². The Morgan fingerprint density at radius 3 is 2.56 bits per heavy atom. The molecule has 3 rings (SSSR count). The molecule has 0 bridgehead atoms. The normalized spacial score (nSPS) is 11.3. The smallest absolute Gasteiger partial charge is 0.397 e. The van der Waals surface area contributed by atoms with Gasteiger partial charge in [-0.1, -0.05) is 6.07 Å². The van der Waals surface area contributed by atoms with Crippen LogP contribution < -0.4 is 11.1 Å². The van der Waals surface area contributed by atoms with Crippen molar-refractivity contribution in [2.75, 3.05) is 11.1 Å². The second kappa shape index (κ2) is 6.52. The average molecular weight is 364 g/mol. The van der Waals surface area contributed by atoms with Crippen LogP contribution in [0.3, 0.4) is 0 Å². The van der Waals surface area contributed by atoms with E-state index >= 15 is 0 Å². The van der Waals surface area contributed by atoms with Gasteiger partial charge in [-0.05, 0) is 29.8 Å². The van der Waals surface area contributed by atoms with Gasteiger partial charge in [-0.3, -0.25) is 14.8 Å². The molecule has 25 heavy (non-hydrogen) atoms. The number of carbonyl (C=O) groups excluding carboxylic acids is 1. The van der Waals surface area contributed by atoms with E-state index in [1.54, 1.807) is 29.9 Å². The molecule has 0 atom stereocenters. The molecule has 2 heterocycles. The largest absolute Gasteiger partial charge is 0.417 e. The molecule has 0 aliphatic rings. The quantitative estimate of drug-likeness (QED) is 0.687. The van der Waals surface area contributed by atoms with Gasteiger partial charge in [0, 0.05) is 12.4 Å². The Bertz CT molecular complexity index is 893. The van der Waals surface area contributed by atoms with Gasteiger partial charge in [-0.15, -0.1) is 11.3 Å². The van der Waals surface area contributed by atoms with Gasteiger partial charge in [0.1, 0.15) is 5.69 Å². The van der Waals surface area contributed by atoms with Gasteiger partial charge in [-0.2, -0.15) is 13.2 Å². The number of anilines is 2. The minimum atomic E-state index is -4.50. The first kappa shape index (κ1) is 16.9. The number of hydrogen-bond acceptors (Lipinski definition) is 5. The molecule has 0 unspecified atom stereocenters. The summed E-state index contributed by atoms with van der Waals surface area (Å²) in [7, 11) is 0. The summed E-state index contributed by atoms with van der Waals surface area (Å²) in [5.74, 6) is -0.651. The molecule has 0 spiro atoms. The van der Waals surface area contributed by atoms with Crippen LogP contribution in [0.5, 0.6) is 0 Å².